The standard InChI is InChI=1S/C28H21N7O4S2/c1-3-23(36)38-20-11-7-5-9-17(20)30-26-33-25(29-16-13-14-19-22(15-16)41-28(40)32-19)34-27(35-26)31-18-10-6-8-12-21(18)39-24(37)4-2/h3-15H,1-2H2,(H,32,40)(H3,29,30,31,33,34,35). The maximum Gasteiger partial charge on any atom is 0.335 e. The third-order valence-electron chi connectivity index (χ3n) is 5.29. The molecule has 0 bridgehead atoms. The quantitative estimate of drug-likeness (QED) is 0.0648. The van der Waals surface area contributed by atoms with Crippen LogP contribution in [-0.2, 0) is 9.59 Å². The van der Waals surface area contributed by atoms with Crippen molar-refractivity contribution < 1.29 is 19.1 Å². The second-order valence-corrected chi connectivity index (χ2v) is 9.86. The number of nitrogens with zero attached hydrogens (tertiary/aromatic N) is 4. The van der Waals surface area contributed by atoms with Gasteiger partial charge >= 0.3 is 11.9 Å². The molecule has 13 heteroatoms. The Bertz CT molecular complexity index is 1710. The highest BCUT2D eigenvalue weighted by molar-refractivity contribution is 7.82. The van der Waals surface area contributed by atoms with Crippen molar-refractivity contribution in [3.8, 4) is 11.5 Å². The summed E-state index contributed by atoms with van der Waals surface area (Å²) in [7, 11) is 0. The highest BCUT2D eigenvalue weighted by atomic mass is 32.2. The van der Waals surface area contributed by atoms with Crippen molar-refractivity contribution in [1.82, 2.24) is 19.9 Å². The maximum absolute atomic E-state index is 11.8. The summed E-state index contributed by atoms with van der Waals surface area (Å²) in [6.07, 6.45) is 2.13. The van der Waals surface area contributed by atoms with Gasteiger partial charge in [-0.1, -0.05) is 37.4 Å². The van der Waals surface area contributed by atoms with E-state index in [2.05, 4.69) is 61.7 Å². The topological polar surface area (TPSA) is 140 Å². The van der Waals surface area contributed by atoms with Crippen LogP contribution in [0.5, 0.6) is 11.5 Å². The summed E-state index contributed by atoms with van der Waals surface area (Å²) >= 11 is 5.77. The lowest BCUT2D eigenvalue weighted by Gasteiger charge is -2.14. The lowest BCUT2D eigenvalue weighted by Crippen LogP contribution is -2.10. The van der Waals surface area contributed by atoms with Crippen molar-refractivity contribution in [3.05, 3.63) is 92.0 Å². The Balaban J connectivity index is 1.51. The number of anilines is 6. The van der Waals surface area contributed by atoms with E-state index in [4.69, 9.17) is 9.47 Å². The molecule has 0 aliphatic carbocycles. The smallest absolute Gasteiger partial charge is 0.335 e. The Hall–Kier alpha value is -5.27. The van der Waals surface area contributed by atoms with Crippen molar-refractivity contribution in [2.45, 2.75) is 4.34 Å². The molecule has 0 saturated carbocycles. The molecule has 0 aliphatic rings. The zero-order valence-corrected chi connectivity index (χ0v) is 22.9. The first-order valence-electron chi connectivity index (χ1n) is 11.9. The molecule has 0 aliphatic heterocycles. The molecule has 0 fully saturated rings. The van der Waals surface area contributed by atoms with Gasteiger partial charge in [0.1, 0.15) is 4.34 Å². The number of fused-ring (bicyclic) bond motifs is 1. The molecule has 0 saturated heterocycles. The molecule has 0 atom stereocenters. The zero-order valence-electron chi connectivity index (χ0n) is 21.2. The number of carbonyl (C=O) groups is 2. The van der Waals surface area contributed by atoms with Gasteiger partial charge in [0.05, 0.1) is 21.6 Å². The molecule has 11 nitrogen and oxygen atoms in total. The molecule has 2 aromatic heterocycles. The van der Waals surface area contributed by atoms with Crippen LogP contribution in [0.1, 0.15) is 0 Å². The number of aromatic nitrogens is 4. The Morgan fingerprint density at radius 2 is 1.24 bits per heavy atom. The van der Waals surface area contributed by atoms with Gasteiger partial charge in [-0.2, -0.15) is 15.0 Å². The number of thiol groups is 1. The van der Waals surface area contributed by atoms with Gasteiger partial charge in [0, 0.05) is 17.8 Å². The van der Waals surface area contributed by atoms with Crippen molar-refractivity contribution in [1.29, 1.82) is 0 Å². The summed E-state index contributed by atoms with van der Waals surface area (Å²) in [6.45, 7) is 6.87. The summed E-state index contributed by atoms with van der Waals surface area (Å²) in [5.74, 6) is -0.279. The molecule has 3 aromatic carbocycles. The van der Waals surface area contributed by atoms with Gasteiger partial charge < -0.3 is 25.4 Å². The van der Waals surface area contributed by atoms with Crippen molar-refractivity contribution in [2.24, 2.45) is 0 Å². The van der Waals surface area contributed by atoms with Crippen LogP contribution in [0, 0.1) is 0 Å². The molecule has 0 unspecified atom stereocenters. The largest absolute Gasteiger partial charge is 0.421 e. The molecule has 0 spiro atoms. The number of rotatable bonds is 10. The Kier molecular flexibility index (Phi) is 8.18. The third kappa shape index (κ3) is 6.84. The summed E-state index contributed by atoms with van der Waals surface area (Å²) < 4.78 is 12.3. The van der Waals surface area contributed by atoms with E-state index in [-0.39, 0.29) is 29.3 Å². The Labute approximate surface area is 243 Å². The SMILES string of the molecule is C=CC(=O)Oc1ccccc1Nc1nc(Nc2ccc3nc(S)sc3c2)nc(Nc2ccccc2OC(=O)C=C)n1. The first-order chi connectivity index (χ1) is 19.9. The highest BCUT2D eigenvalue weighted by Gasteiger charge is 2.14. The predicted octanol–water partition coefficient (Wildman–Crippen LogP) is 6.18. The average Bonchev–Trinajstić information content (AvgIpc) is 3.34. The van der Waals surface area contributed by atoms with Crippen LogP contribution < -0.4 is 25.4 Å². The van der Waals surface area contributed by atoms with Gasteiger partial charge in [0.25, 0.3) is 0 Å². The van der Waals surface area contributed by atoms with E-state index in [0.29, 0.717) is 21.4 Å². The van der Waals surface area contributed by atoms with Crippen LogP contribution in [0.25, 0.3) is 10.2 Å². The van der Waals surface area contributed by atoms with Gasteiger partial charge in [0.2, 0.25) is 17.8 Å². The molecule has 0 amide bonds. The monoisotopic (exact) mass is 583 g/mol. The van der Waals surface area contributed by atoms with Crippen molar-refractivity contribution in [2.75, 3.05) is 16.0 Å². The molecule has 2 heterocycles. The maximum atomic E-state index is 11.8. The van der Waals surface area contributed by atoms with E-state index >= 15 is 0 Å². The molecular weight excluding hydrogens is 562 g/mol. The average molecular weight is 584 g/mol. The summed E-state index contributed by atoms with van der Waals surface area (Å²) in [5.41, 5.74) is 2.39. The minimum atomic E-state index is -0.617. The Morgan fingerprint density at radius 3 is 1.78 bits per heavy atom. The number of esters is 2. The van der Waals surface area contributed by atoms with Crippen LogP contribution >= 0.6 is 24.0 Å². The molecule has 5 rings (SSSR count). The number of thiazole rings is 1. The molecular formula is C28H21N7O4S2. The van der Waals surface area contributed by atoms with Crippen LogP contribution in [-0.4, -0.2) is 31.9 Å². The fraction of sp³-hybridized carbons (Fsp3) is 0. The summed E-state index contributed by atoms with van der Waals surface area (Å²) in [5, 5.41) is 9.33. The van der Waals surface area contributed by atoms with Crippen LogP contribution in [0.15, 0.2) is 96.4 Å². The fourth-order valence-corrected chi connectivity index (χ4v) is 4.67. The van der Waals surface area contributed by atoms with Gasteiger partial charge in [-0.3, -0.25) is 0 Å². The van der Waals surface area contributed by atoms with Crippen LogP contribution in [0.3, 0.4) is 0 Å². The minimum Gasteiger partial charge on any atom is -0.421 e. The highest BCUT2D eigenvalue weighted by Crippen LogP contribution is 2.31. The lowest BCUT2D eigenvalue weighted by molar-refractivity contribution is -0.129. The summed E-state index contributed by atoms with van der Waals surface area (Å²) in [4.78, 5) is 41.5. The number of hydrogen-bond acceptors (Lipinski definition) is 13. The fourth-order valence-electron chi connectivity index (χ4n) is 3.52. The number of para-hydroxylation sites is 4. The first kappa shape index (κ1) is 27.3. The number of benzene rings is 3. The van der Waals surface area contributed by atoms with Gasteiger partial charge in [0.15, 0.2) is 11.5 Å². The van der Waals surface area contributed by atoms with Crippen LogP contribution in [0.2, 0.25) is 0 Å². The molecule has 0 radical (unpaired) electrons. The normalized spacial score (nSPS) is 10.5. The zero-order chi connectivity index (χ0) is 28.8. The number of hydrogen-bond donors (Lipinski definition) is 4. The third-order valence-corrected chi connectivity index (χ3v) is 6.48. The predicted molar refractivity (Wildman–Crippen MR) is 161 cm³/mol. The van der Waals surface area contributed by atoms with Crippen molar-refractivity contribution >= 4 is 81.0 Å². The first-order valence-corrected chi connectivity index (χ1v) is 13.2. The molecule has 204 valence electrons. The molecule has 3 N–H and O–H groups in total. The van der Waals surface area contributed by atoms with E-state index in [1.807, 2.05) is 18.2 Å². The molecule has 5 aromatic rings. The van der Waals surface area contributed by atoms with E-state index < -0.39 is 11.9 Å². The lowest BCUT2D eigenvalue weighted by atomic mass is 10.3. The van der Waals surface area contributed by atoms with E-state index in [0.717, 1.165) is 22.4 Å². The second-order valence-electron chi connectivity index (χ2n) is 8.10. The number of carbonyl (C=O) groups excluding carboxylic acids is 2. The van der Waals surface area contributed by atoms with Gasteiger partial charge in [-0.15, -0.1) is 24.0 Å². The Morgan fingerprint density at radius 1 is 0.732 bits per heavy atom. The minimum absolute atomic E-state index is 0.129. The van der Waals surface area contributed by atoms with Crippen LogP contribution in [0.4, 0.5) is 34.9 Å². The van der Waals surface area contributed by atoms with E-state index in [1.165, 1.54) is 11.3 Å². The summed E-state index contributed by atoms with van der Waals surface area (Å²) in [6, 6.07) is 19.2. The van der Waals surface area contributed by atoms with Gasteiger partial charge in [-0.25, -0.2) is 14.6 Å². The number of ether oxygens (including phenoxy) is 2. The van der Waals surface area contributed by atoms with E-state index in [1.54, 1.807) is 48.5 Å². The van der Waals surface area contributed by atoms with E-state index in [9.17, 15) is 9.59 Å². The molecule has 41 heavy (non-hydrogen) atoms. The van der Waals surface area contributed by atoms with Crippen molar-refractivity contribution in [3.63, 3.8) is 0 Å². The second kappa shape index (κ2) is 12.3. The van der Waals surface area contributed by atoms with Gasteiger partial charge in [-0.05, 0) is 42.5 Å². The number of nitrogens with one attached hydrogen (secondary N) is 3.